The third-order valence-electron chi connectivity index (χ3n) is 4.35. The Labute approximate surface area is 143 Å². The highest BCUT2D eigenvalue weighted by molar-refractivity contribution is 7.08. The lowest BCUT2D eigenvalue weighted by atomic mass is 10.1. The Morgan fingerprint density at radius 1 is 1.29 bits per heavy atom. The lowest BCUT2D eigenvalue weighted by molar-refractivity contribution is 0.0736. The number of thiophene rings is 1. The quantitative estimate of drug-likeness (QED) is 0.721. The van der Waals surface area contributed by atoms with Gasteiger partial charge in [-0.3, -0.25) is 4.79 Å². The zero-order valence-electron chi connectivity index (χ0n) is 13.3. The topological polar surface area (TPSA) is 59.2 Å². The molecule has 0 spiro atoms. The summed E-state index contributed by atoms with van der Waals surface area (Å²) >= 11 is 1.68. The minimum absolute atomic E-state index is 0.0805. The van der Waals surface area contributed by atoms with Crippen LogP contribution in [-0.4, -0.2) is 27.5 Å². The number of carbonyl (C=O) groups excluding carboxylic acids is 1. The van der Waals surface area contributed by atoms with E-state index in [1.54, 1.807) is 18.3 Å². The van der Waals surface area contributed by atoms with Gasteiger partial charge in [0.25, 0.3) is 11.8 Å². The Morgan fingerprint density at radius 3 is 2.79 bits per heavy atom. The molecule has 1 aliphatic rings. The standard InChI is InChI=1S/C18H17N3O2S/c1-12-19-17(23-20-12)13-4-6-14(7-5-13)18(22)21-9-2-3-16(21)15-8-10-24-11-15/h4-8,10-11,16H,2-3,9H2,1H3/t16-/m0/s1. The molecule has 24 heavy (non-hydrogen) atoms. The molecule has 122 valence electrons. The highest BCUT2D eigenvalue weighted by Crippen LogP contribution is 2.34. The predicted octanol–water partition coefficient (Wildman–Crippen LogP) is 4.08. The summed E-state index contributed by atoms with van der Waals surface area (Å²) in [5.74, 6) is 1.15. The molecule has 2 aromatic heterocycles. The molecular weight excluding hydrogens is 322 g/mol. The molecule has 1 aliphatic heterocycles. The van der Waals surface area contributed by atoms with Gasteiger partial charge < -0.3 is 9.42 Å². The van der Waals surface area contributed by atoms with E-state index in [0.29, 0.717) is 17.3 Å². The Bertz CT molecular complexity index is 840. The van der Waals surface area contributed by atoms with Crippen molar-refractivity contribution in [3.63, 3.8) is 0 Å². The van der Waals surface area contributed by atoms with Crippen molar-refractivity contribution in [2.24, 2.45) is 0 Å². The first kappa shape index (κ1) is 15.1. The normalized spacial score (nSPS) is 17.4. The minimum Gasteiger partial charge on any atom is -0.334 e. The zero-order chi connectivity index (χ0) is 16.5. The van der Waals surface area contributed by atoms with Crippen LogP contribution in [0.5, 0.6) is 0 Å². The van der Waals surface area contributed by atoms with Gasteiger partial charge >= 0.3 is 0 Å². The second kappa shape index (κ2) is 6.20. The van der Waals surface area contributed by atoms with Crippen LogP contribution in [0.2, 0.25) is 0 Å². The first-order valence-electron chi connectivity index (χ1n) is 7.96. The van der Waals surface area contributed by atoms with Crippen molar-refractivity contribution in [2.75, 3.05) is 6.54 Å². The van der Waals surface area contributed by atoms with Crippen molar-refractivity contribution in [2.45, 2.75) is 25.8 Å². The van der Waals surface area contributed by atoms with E-state index in [1.807, 2.05) is 29.2 Å². The van der Waals surface area contributed by atoms with Crippen molar-refractivity contribution < 1.29 is 9.32 Å². The van der Waals surface area contributed by atoms with E-state index in [9.17, 15) is 4.79 Å². The molecule has 1 saturated heterocycles. The molecule has 1 aromatic carbocycles. The van der Waals surface area contributed by atoms with Gasteiger partial charge in [0.05, 0.1) is 6.04 Å². The number of rotatable bonds is 3. The molecule has 6 heteroatoms. The predicted molar refractivity (Wildman–Crippen MR) is 91.8 cm³/mol. The summed E-state index contributed by atoms with van der Waals surface area (Å²) in [6.07, 6.45) is 2.08. The summed E-state index contributed by atoms with van der Waals surface area (Å²) in [6, 6.07) is 9.69. The third-order valence-corrected chi connectivity index (χ3v) is 5.05. The van der Waals surface area contributed by atoms with E-state index >= 15 is 0 Å². The van der Waals surface area contributed by atoms with Crippen molar-refractivity contribution in [1.29, 1.82) is 0 Å². The van der Waals surface area contributed by atoms with E-state index in [4.69, 9.17) is 4.52 Å². The van der Waals surface area contributed by atoms with Gasteiger partial charge in [-0.05, 0) is 66.4 Å². The van der Waals surface area contributed by atoms with Crippen LogP contribution < -0.4 is 0 Å². The molecule has 0 aliphatic carbocycles. The average molecular weight is 339 g/mol. The number of carbonyl (C=O) groups is 1. The van der Waals surface area contributed by atoms with Crippen LogP contribution >= 0.6 is 11.3 Å². The largest absolute Gasteiger partial charge is 0.334 e. The molecule has 1 amide bonds. The number of aromatic nitrogens is 2. The van der Waals surface area contributed by atoms with Crippen LogP contribution in [-0.2, 0) is 0 Å². The van der Waals surface area contributed by atoms with E-state index in [2.05, 4.69) is 27.0 Å². The average Bonchev–Trinajstić information content (AvgIpc) is 3.35. The fourth-order valence-electron chi connectivity index (χ4n) is 3.16. The SMILES string of the molecule is Cc1noc(-c2ccc(C(=O)N3CCC[C@H]3c3ccsc3)cc2)n1. The first-order chi connectivity index (χ1) is 11.7. The Morgan fingerprint density at radius 2 is 2.12 bits per heavy atom. The van der Waals surface area contributed by atoms with Gasteiger partial charge in [-0.2, -0.15) is 16.3 Å². The van der Waals surface area contributed by atoms with Crippen molar-refractivity contribution in [3.05, 3.63) is 58.0 Å². The Balaban J connectivity index is 1.56. The van der Waals surface area contributed by atoms with Gasteiger partial charge in [0, 0.05) is 17.7 Å². The maximum Gasteiger partial charge on any atom is 0.257 e. The fourth-order valence-corrected chi connectivity index (χ4v) is 3.86. The molecule has 1 fully saturated rings. The summed E-state index contributed by atoms with van der Waals surface area (Å²) in [7, 11) is 0. The molecule has 1 atom stereocenters. The van der Waals surface area contributed by atoms with Gasteiger partial charge in [0.2, 0.25) is 0 Å². The smallest absolute Gasteiger partial charge is 0.257 e. The number of nitrogens with zero attached hydrogens (tertiary/aromatic N) is 3. The van der Waals surface area contributed by atoms with Gasteiger partial charge in [0.15, 0.2) is 5.82 Å². The van der Waals surface area contributed by atoms with E-state index in [1.165, 1.54) is 5.56 Å². The monoisotopic (exact) mass is 339 g/mol. The van der Waals surface area contributed by atoms with Gasteiger partial charge in [-0.1, -0.05) is 5.16 Å². The van der Waals surface area contributed by atoms with Crippen LogP contribution in [0.15, 0.2) is 45.6 Å². The van der Waals surface area contributed by atoms with Crippen molar-refractivity contribution in [3.8, 4) is 11.5 Å². The molecule has 0 bridgehead atoms. The Hall–Kier alpha value is -2.47. The van der Waals surface area contributed by atoms with Crippen LogP contribution in [0, 0.1) is 6.92 Å². The van der Waals surface area contributed by atoms with E-state index < -0.39 is 0 Å². The molecule has 0 radical (unpaired) electrons. The molecule has 0 N–H and O–H groups in total. The van der Waals surface area contributed by atoms with E-state index in [-0.39, 0.29) is 11.9 Å². The summed E-state index contributed by atoms with van der Waals surface area (Å²) in [5.41, 5.74) is 2.75. The van der Waals surface area contributed by atoms with Gasteiger partial charge in [0.1, 0.15) is 0 Å². The number of benzene rings is 1. The number of amides is 1. The molecule has 0 unspecified atom stereocenters. The highest BCUT2D eigenvalue weighted by Gasteiger charge is 2.30. The zero-order valence-corrected chi connectivity index (χ0v) is 14.1. The fraction of sp³-hybridized carbons (Fsp3) is 0.278. The summed E-state index contributed by atoms with van der Waals surface area (Å²) in [5, 5.41) is 7.99. The number of likely N-dealkylation sites (tertiary alicyclic amines) is 1. The molecule has 5 nitrogen and oxygen atoms in total. The van der Waals surface area contributed by atoms with E-state index in [0.717, 1.165) is 24.9 Å². The lowest BCUT2D eigenvalue weighted by Crippen LogP contribution is -2.30. The maximum absolute atomic E-state index is 12.9. The maximum atomic E-state index is 12.9. The molecular formula is C18H17N3O2S. The van der Waals surface area contributed by atoms with Gasteiger partial charge in [-0.25, -0.2) is 0 Å². The summed E-state index contributed by atoms with van der Waals surface area (Å²) < 4.78 is 5.16. The third kappa shape index (κ3) is 2.73. The second-order valence-electron chi connectivity index (χ2n) is 5.94. The number of aryl methyl sites for hydroxylation is 1. The second-order valence-corrected chi connectivity index (χ2v) is 6.72. The van der Waals surface area contributed by atoms with Gasteiger partial charge in [-0.15, -0.1) is 0 Å². The van der Waals surface area contributed by atoms with Crippen LogP contribution in [0.4, 0.5) is 0 Å². The highest BCUT2D eigenvalue weighted by atomic mass is 32.1. The van der Waals surface area contributed by atoms with Crippen LogP contribution in [0.1, 0.15) is 40.6 Å². The van der Waals surface area contributed by atoms with Crippen LogP contribution in [0.3, 0.4) is 0 Å². The van der Waals surface area contributed by atoms with Crippen molar-refractivity contribution in [1.82, 2.24) is 15.0 Å². The molecule has 3 aromatic rings. The summed E-state index contributed by atoms with van der Waals surface area (Å²) in [4.78, 5) is 19.1. The minimum atomic E-state index is 0.0805. The molecule has 0 saturated carbocycles. The molecule has 3 heterocycles. The Kier molecular flexibility index (Phi) is 3.90. The first-order valence-corrected chi connectivity index (χ1v) is 8.90. The summed E-state index contributed by atoms with van der Waals surface area (Å²) in [6.45, 7) is 2.59. The van der Waals surface area contributed by atoms with Crippen LogP contribution in [0.25, 0.3) is 11.5 Å². The number of hydrogen-bond acceptors (Lipinski definition) is 5. The van der Waals surface area contributed by atoms with Crippen molar-refractivity contribution >= 4 is 17.2 Å². The number of hydrogen-bond donors (Lipinski definition) is 0. The molecule has 4 rings (SSSR count). The lowest BCUT2D eigenvalue weighted by Gasteiger charge is -2.24.